The van der Waals surface area contributed by atoms with Crippen molar-refractivity contribution in [1.82, 2.24) is 10.0 Å². The van der Waals surface area contributed by atoms with E-state index in [0.29, 0.717) is 13.0 Å². The molecule has 100 valence electrons. The summed E-state index contributed by atoms with van der Waals surface area (Å²) >= 11 is 5.59. The second-order valence-corrected chi connectivity index (χ2v) is 6.76. The number of halogens is 2. The maximum atomic E-state index is 13.0. The van der Waals surface area contributed by atoms with Crippen LogP contribution in [0.15, 0.2) is 23.1 Å². The molecule has 0 spiro atoms. The first-order chi connectivity index (χ1) is 8.32. The zero-order valence-electron chi connectivity index (χ0n) is 9.83. The molecule has 1 aromatic carbocycles. The van der Waals surface area contributed by atoms with Crippen LogP contribution in [0.5, 0.6) is 0 Å². The molecule has 0 amide bonds. The minimum Gasteiger partial charge on any atom is -0.315 e. The van der Waals surface area contributed by atoms with E-state index in [0.717, 1.165) is 18.7 Å². The zero-order chi connectivity index (χ0) is 13.4. The summed E-state index contributed by atoms with van der Waals surface area (Å²) in [7, 11) is -3.68. The Morgan fingerprint density at radius 1 is 1.50 bits per heavy atom. The number of hydrogen-bond donors (Lipinski definition) is 2. The van der Waals surface area contributed by atoms with E-state index in [9.17, 15) is 12.8 Å². The van der Waals surface area contributed by atoms with Crippen LogP contribution < -0.4 is 10.0 Å². The number of nitrogens with one attached hydrogen (secondary N) is 2. The molecular formula is C11H14ClFN2O2S. The lowest BCUT2D eigenvalue weighted by Gasteiger charge is -2.24. The van der Waals surface area contributed by atoms with Gasteiger partial charge in [0.05, 0.1) is 9.92 Å². The van der Waals surface area contributed by atoms with Crippen molar-refractivity contribution >= 4 is 21.6 Å². The average molecular weight is 293 g/mol. The van der Waals surface area contributed by atoms with E-state index in [2.05, 4.69) is 10.0 Å². The van der Waals surface area contributed by atoms with Gasteiger partial charge in [-0.05, 0) is 38.1 Å². The van der Waals surface area contributed by atoms with Gasteiger partial charge in [-0.3, -0.25) is 0 Å². The summed E-state index contributed by atoms with van der Waals surface area (Å²) in [6.45, 7) is 3.17. The highest BCUT2D eigenvalue weighted by Gasteiger charge is 2.33. The Morgan fingerprint density at radius 3 is 2.78 bits per heavy atom. The van der Waals surface area contributed by atoms with Gasteiger partial charge in [-0.25, -0.2) is 17.5 Å². The van der Waals surface area contributed by atoms with Gasteiger partial charge in [0.25, 0.3) is 0 Å². The molecule has 2 rings (SSSR count). The first kappa shape index (κ1) is 13.7. The molecule has 1 heterocycles. The maximum absolute atomic E-state index is 13.0. The molecular weight excluding hydrogens is 279 g/mol. The zero-order valence-corrected chi connectivity index (χ0v) is 11.4. The van der Waals surface area contributed by atoms with Crippen LogP contribution in [0.1, 0.15) is 13.3 Å². The van der Waals surface area contributed by atoms with Crippen molar-refractivity contribution in [3.63, 3.8) is 0 Å². The van der Waals surface area contributed by atoms with Gasteiger partial charge in [0.15, 0.2) is 0 Å². The fourth-order valence-electron chi connectivity index (χ4n) is 1.93. The van der Waals surface area contributed by atoms with E-state index in [-0.39, 0.29) is 9.92 Å². The van der Waals surface area contributed by atoms with Crippen molar-refractivity contribution in [1.29, 1.82) is 0 Å². The summed E-state index contributed by atoms with van der Waals surface area (Å²) in [5, 5.41) is 2.89. The Bertz CT molecular complexity index is 556. The molecule has 4 nitrogen and oxygen atoms in total. The summed E-state index contributed by atoms with van der Waals surface area (Å²) in [5.74, 6) is -0.635. The lowest BCUT2D eigenvalue weighted by atomic mass is 10.0. The maximum Gasteiger partial charge on any atom is 0.241 e. The van der Waals surface area contributed by atoms with Crippen LogP contribution in [0, 0.1) is 5.82 Å². The smallest absolute Gasteiger partial charge is 0.241 e. The summed E-state index contributed by atoms with van der Waals surface area (Å²) in [5.41, 5.74) is -0.514. The summed E-state index contributed by atoms with van der Waals surface area (Å²) in [6, 6.07) is 3.37. The second-order valence-electron chi connectivity index (χ2n) is 4.67. The molecule has 1 fully saturated rings. The van der Waals surface area contributed by atoms with Crippen molar-refractivity contribution in [2.75, 3.05) is 13.1 Å². The molecule has 7 heteroatoms. The molecule has 0 aromatic heterocycles. The van der Waals surface area contributed by atoms with Crippen molar-refractivity contribution in [2.24, 2.45) is 0 Å². The molecule has 1 unspecified atom stereocenters. The summed E-state index contributed by atoms with van der Waals surface area (Å²) in [4.78, 5) is -0.0259. The van der Waals surface area contributed by atoms with Gasteiger partial charge in [0.2, 0.25) is 10.0 Å². The Balaban J connectivity index is 2.27. The van der Waals surface area contributed by atoms with Crippen molar-refractivity contribution in [3.05, 3.63) is 29.0 Å². The van der Waals surface area contributed by atoms with Crippen LogP contribution in [0.25, 0.3) is 0 Å². The Kier molecular flexibility index (Phi) is 3.64. The minimum absolute atomic E-state index is 0.0259. The monoisotopic (exact) mass is 292 g/mol. The largest absolute Gasteiger partial charge is 0.315 e. The molecule has 2 N–H and O–H groups in total. The van der Waals surface area contributed by atoms with Crippen LogP contribution in [-0.2, 0) is 10.0 Å². The van der Waals surface area contributed by atoms with Crippen LogP contribution >= 0.6 is 11.6 Å². The molecule has 1 aromatic rings. The first-order valence-corrected chi connectivity index (χ1v) is 7.38. The van der Waals surface area contributed by atoms with E-state index >= 15 is 0 Å². The molecule has 0 aliphatic carbocycles. The standard InChI is InChI=1S/C11H14ClFN2O2S/c1-11(4-5-14-7-11)15-18(16,17)8-2-3-10(13)9(12)6-8/h2-3,6,14-15H,4-5,7H2,1H3. The highest BCUT2D eigenvalue weighted by Crippen LogP contribution is 2.22. The number of sulfonamides is 1. The van der Waals surface area contributed by atoms with Crippen molar-refractivity contribution in [2.45, 2.75) is 23.8 Å². The fourth-order valence-corrected chi connectivity index (χ4v) is 3.64. The van der Waals surface area contributed by atoms with Crippen LogP contribution in [-0.4, -0.2) is 27.0 Å². The third-order valence-corrected chi connectivity index (χ3v) is 4.88. The minimum atomic E-state index is -3.68. The molecule has 1 atom stereocenters. The summed E-state index contributed by atoms with van der Waals surface area (Å²) < 4.78 is 39.9. The molecule has 1 aliphatic rings. The predicted octanol–water partition coefficient (Wildman–Crippen LogP) is 1.51. The van der Waals surface area contributed by atoms with Gasteiger partial charge in [-0.1, -0.05) is 11.6 Å². The van der Waals surface area contributed by atoms with Gasteiger partial charge < -0.3 is 5.32 Å². The highest BCUT2D eigenvalue weighted by molar-refractivity contribution is 7.89. The lowest BCUT2D eigenvalue weighted by molar-refractivity contribution is 0.452. The van der Waals surface area contributed by atoms with E-state index in [1.54, 1.807) is 0 Å². The van der Waals surface area contributed by atoms with Gasteiger partial charge in [-0.15, -0.1) is 0 Å². The van der Waals surface area contributed by atoms with Gasteiger partial charge in [0.1, 0.15) is 5.82 Å². The third-order valence-electron chi connectivity index (χ3n) is 2.95. The van der Waals surface area contributed by atoms with E-state index < -0.39 is 21.4 Å². The lowest BCUT2D eigenvalue weighted by Crippen LogP contribution is -2.47. The van der Waals surface area contributed by atoms with E-state index in [1.165, 1.54) is 6.07 Å². The molecule has 18 heavy (non-hydrogen) atoms. The van der Waals surface area contributed by atoms with Crippen LogP contribution in [0.3, 0.4) is 0 Å². The second kappa shape index (κ2) is 4.77. The van der Waals surface area contributed by atoms with Gasteiger partial charge in [-0.2, -0.15) is 0 Å². The topological polar surface area (TPSA) is 58.2 Å². The molecule has 0 saturated carbocycles. The van der Waals surface area contributed by atoms with Crippen LogP contribution in [0.2, 0.25) is 5.02 Å². The molecule has 1 saturated heterocycles. The highest BCUT2D eigenvalue weighted by atomic mass is 35.5. The predicted molar refractivity (Wildman–Crippen MR) is 67.6 cm³/mol. The van der Waals surface area contributed by atoms with Crippen molar-refractivity contribution in [3.8, 4) is 0 Å². The normalized spacial score (nSPS) is 24.4. The van der Waals surface area contributed by atoms with E-state index in [4.69, 9.17) is 11.6 Å². The third kappa shape index (κ3) is 2.83. The van der Waals surface area contributed by atoms with Gasteiger partial charge >= 0.3 is 0 Å². The number of hydrogen-bond acceptors (Lipinski definition) is 3. The Labute approximate surface area is 111 Å². The van der Waals surface area contributed by atoms with Gasteiger partial charge in [0, 0.05) is 12.1 Å². The molecule has 0 radical (unpaired) electrons. The SMILES string of the molecule is CC1(NS(=O)(=O)c2ccc(F)c(Cl)c2)CCNC1. The van der Waals surface area contributed by atoms with Crippen molar-refractivity contribution < 1.29 is 12.8 Å². The molecule has 0 bridgehead atoms. The number of benzene rings is 1. The fraction of sp³-hybridized carbons (Fsp3) is 0.455. The summed E-state index contributed by atoms with van der Waals surface area (Å²) in [6.07, 6.45) is 0.709. The Hall–Kier alpha value is -0.690. The molecule has 1 aliphatic heterocycles. The van der Waals surface area contributed by atoms with Crippen LogP contribution in [0.4, 0.5) is 4.39 Å². The number of rotatable bonds is 3. The first-order valence-electron chi connectivity index (χ1n) is 5.52. The average Bonchev–Trinajstić information content (AvgIpc) is 2.67. The Morgan fingerprint density at radius 2 is 2.22 bits per heavy atom. The van der Waals surface area contributed by atoms with E-state index in [1.807, 2.05) is 6.92 Å². The quantitative estimate of drug-likeness (QED) is 0.888.